The van der Waals surface area contributed by atoms with Gasteiger partial charge in [-0.15, -0.1) is 5.10 Å². The Morgan fingerprint density at radius 2 is 2.16 bits per heavy atom. The topological polar surface area (TPSA) is 60.2 Å². The van der Waals surface area contributed by atoms with Gasteiger partial charge in [0.1, 0.15) is 12.4 Å². The summed E-state index contributed by atoms with van der Waals surface area (Å²) < 4.78 is 7.48. The maximum atomic E-state index is 8.90. The maximum absolute atomic E-state index is 8.90. The van der Waals surface area contributed by atoms with Gasteiger partial charge in [-0.1, -0.05) is 17.3 Å². The van der Waals surface area contributed by atoms with Crippen molar-refractivity contribution in [2.24, 2.45) is 0 Å². The van der Waals surface area contributed by atoms with E-state index in [1.54, 1.807) is 4.68 Å². The largest absolute Gasteiger partial charge is 0.492 e. The third-order valence-corrected chi connectivity index (χ3v) is 2.99. The van der Waals surface area contributed by atoms with Crippen LogP contribution in [0.3, 0.4) is 0 Å². The van der Waals surface area contributed by atoms with E-state index in [4.69, 9.17) is 9.84 Å². The quantitative estimate of drug-likeness (QED) is 0.856. The molecule has 19 heavy (non-hydrogen) atoms. The van der Waals surface area contributed by atoms with Gasteiger partial charge < -0.3 is 9.84 Å². The van der Waals surface area contributed by atoms with Crippen molar-refractivity contribution in [2.75, 3.05) is 13.2 Å². The Morgan fingerprint density at radius 3 is 2.89 bits per heavy atom. The van der Waals surface area contributed by atoms with Crippen LogP contribution >= 0.6 is 0 Å². The number of hydrogen-bond acceptors (Lipinski definition) is 4. The molecule has 0 fully saturated rings. The van der Waals surface area contributed by atoms with Crippen LogP contribution in [0.5, 0.6) is 5.75 Å². The number of nitrogens with zero attached hydrogens (tertiary/aromatic N) is 3. The van der Waals surface area contributed by atoms with E-state index in [-0.39, 0.29) is 6.61 Å². The molecule has 1 aromatic carbocycles. The zero-order valence-corrected chi connectivity index (χ0v) is 11.3. The van der Waals surface area contributed by atoms with Crippen molar-refractivity contribution in [2.45, 2.75) is 26.8 Å². The number of aliphatic hydroxyl groups excluding tert-OH is 1. The van der Waals surface area contributed by atoms with Gasteiger partial charge in [0.25, 0.3) is 0 Å². The lowest BCUT2D eigenvalue weighted by molar-refractivity contribution is 0.288. The van der Waals surface area contributed by atoms with Crippen LogP contribution in [0.4, 0.5) is 0 Å². The smallest absolute Gasteiger partial charge is 0.119 e. The van der Waals surface area contributed by atoms with Gasteiger partial charge in [-0.2, -0.15) is 0 Å². The maximum Gasteiger partial charge on any atom is 0.119 e. The van der Waals surface area contributed by atoms with Gasteiger partial charge in [-0.3, -0.25) is 0 Å². The summed E-state index contributed by atoms with van der Waals surface area (Å²) in [7, 11) is 0. The summed E-state index contributed by atoms with van der Waals surface area (Å²) >= 11 is 0. The minimum atomic E-state index is 0.0966. The molecule has 1 N–H and O–H groups in total. The van der Waals surface area contributed by atoms with Gasteiger partial charge in [0.2, 0.25) is 0 Å². The van der Waals surface area contributed by atoms with Crippen LogP contribution in [0.2, 0.25) is 0 Å². The zero-order valence-electron chi connectivity index (χ0n) is 11.3. The summed E-state index contributed by atoms with van der Waals surface area (Å²) in [6.45, 7) is 5.29. The SMILES string of the molecule is Cc1cccc(OCCn2nnc(CCO)c2C)c1. The molecule has 0 saturated heterocycles. The summed E-state index contributed by atoms with van der Waals surface area (Å²) in [6.07, 6.45) is 0.546. The highest BCUT2D eigenvalue weighted by atomic mass is 16.5. The minimum absolute atomic E-state index is 0.0966. The molecule has 2 aromatic rings. The molecule has 5 heteroatoms. The summed E-state index contributed by atoms with van der Waals surface area (Å²) in [5.74, 6) is 0.869. The molecule has 1 aromatic heterocycles. The molecule has 5 nitrogen and oxygen atoms in total. The first-order valence-electron chi connectivity index (χ1n) is 6.40. The van der Waals surface area contributed by atoms with Crippen LogP contribution in [-0.4, -0.2) is 33.3 Å². The molecule has 2 rings (SSSR count). The van der Waals surface area contributed by atoms with Crippen molar-refractivity contribution in [1.29, 1.82) is 0 Å². The highest BCUT2D eigenvalue weighted by molar-refractivity contribution is 5.27. The Bertz CT molecular complexity index is 537. The first-order valence-corrected chi connectivity index (χ1v) is 6.40. The van der Waals surface area contributed by atoms with E-state index in [0.717, 1.165) is 17.1 Å². The Kier molecular flexibility index (Phi) is 4.52. The number of benzene rings is 1. The molecule has 0 aliphatic carbocycles. The second-order valence-electron chi connectivity index (χ2n) is 4.48. The van der Waals surface area contributed by atoms with E-state index in [0.29, 0.717) is 19.6 Å². The lowest BCUT2D eigenvalue weighted by Gasteiger charge is -2.07. The second kappa shape index (κ2) is 6.33. The van der Waals surface area contributed by atoms with Crippen LogP contribution in [0.1, 0.15) is 17.0 Å². The van der Waals surface area contributed by atoms with Gasteiger partial charge in [-0.05, 0) is 31.5 Å². The van der Waals surface area contributed by atoms with Gasteiger partial charge in [0, 0.05) is 13.0 Å². The number of aromatic nitrogens is 3. The highest BCUT2D eigenvalue weighted by Gasteiger charge is 2.07. The van der Waals surface area contributed by atoms with Crippen molar-refractivity contribution in [1.82, 2.24) is 15.0 Å². The van der Waals surface area contributed by atoms with Gasteiger partial charge in [-0.25, -0.2) is 4.68 Å². The molecule has 0 aliphatic heterocycles. The summed E-state index contributed by atoms with van der Waals surface area (Å²) in [4.78, 5) is 0. The summed E-state index contributed by atoms with van der Waals surface area (Å²) in [5, 5.41) is 17.0. The van der Waals surface area contributed by atoms with Crippen molar-refractivity contribution in [3.63, 3.8) is 0 Å². The predicted octanol–water partition coefficient (Wildman–Crippen LogP) is 1.51. The average molecular weight is 261 g/mol. The third kappa shape index (κ3) is 3.54. The first kappa shape index (κ1) is 13.5. The average Bonchev–Trinajstić information content (AvgIpc) is 2.72. The van der Waals surface area contributed by atoms with E-state index < -0.39 is 0 Å². The molecule has 0 aliphatic rings. The van der Waals surface area contributed by atoms with Crippen molar-refractivity contribution in [3.8, 4) is 5.75 Å². The second-order valence-corrected chi connectivity index (χ2v) is 4.48. The number of hydrogen-bond donors (Lipinski definition) is 1. The fourth-order valence-corrected chi connectivity index (χ4v) is 1.90. The number of ether oxygens (including phenoxy) is 1. The molecular weight excluding hydrogens is 242 g/mol. The molecule has 0 atom stereocenters. The van der Waals surface area contributed by atoms with Crippen LogP contribution < -0.4 is 4.74 Å². The van der Waals surface area contributed by atoms with E-state index in [1.807, 2.05) is 38.1 Å². The number of aliphatic hydroxyl groups is 1. The number of aryl methyl sites for hydroxylation is 1. The number of rotatable bonds is 6. The predicted molar refractivity (Wildman–Crippen MR) is 72.2 cm³/mol. The Hall–Kier alpha value is -1.88. The Morgan fingerprint density at radius 1 is 1.32 bits per heavy atom. The van der Waals surface area contributed by atoms with E-state index >= 15 is 0 Å². The van der Waals surface area contributed by atoms with E-state index in [9.17, 15) is 0 Å². The van der Waals surface area contributed by atoms with Crippen LogP contribution in [-0.2, 0) is 13.0 Å². The molecule has 102 valence electrons. The summed E-state index contributed by atoms with van der Waals surface area (Å²) in [5.41, 5.74) is 3.01. The van der Waals surface area contributed by atoms with Gasteiger partial charge >= 0.3 is 0 Å². The third-order valence-electron chi connectivity index (χ3n) is 2.99. The van der Waals surface area contributed by atoms with Crippen LogP contribution in [0.15, 0.2) is 24.3 Å². The normalized spacial score (nSPS) is 10.7. The van der Waals surface area contributed by atoms with Crippen LogP contribution in [0.25, 0.3) is 0 Å². The molecule has 1 heterocycles. The fraction of sp³-hybridized carbons (Fsp3) is 0.429. The van der Waals surface area contributed by atoms with Crippen LogP contribution in [0, 0.1) is 13.8 Å². The minimum Gasteiger partial charge on any atom is -0.492 e. The fourth-order valence-electron chi connectivity index (χ4n) is 1.90. The van der Waals surface area contributed by atoms with Crippen molar-refractivity contribution >= 4 is 0 Å². The van der Waals surface area contributed by atoms with Crippen molar-refractivity contribution in [3.05, 3.63) is 41.2 Å². The molecule has 0 unspecified atom stereocenters. The Balaban J connectivity index is 1.89. The lowest BCUT2D eigenvalue weighted by atomic mass is 10.2. The molecule has 0 spiro atoms. The molecule has 0 bridgehead atoms. The first-order chi connectivity index (χ1) is 9.20. The molecule has 0 saturated carbocycles. The monoisotopic (exact) mass is 261 g/mol. The zero-order chi connectivity index (χ0) is 13.7. The van der Waals surface area contributed by atoms with Crippen molar-refractivity contribution < 1.29 is 9.84 Å². The van der Waals surface area contributed by atoms with E-state index in [2.05, 4.69) is 10.3 Å². The van der Waals surface area contributed by atoms with E-state index in [1.165, 1.54) is 5.56 Å². The molecular formula is C14H19N3O2. The molecule has 0 amide bonds. The molecule has 0 radical (unpaired) electrons. The van der Waals surface area contributed by atoms with Gasteiger partial charge in [0.15, 0.2) is 0 Å². The van der Waals surface area contributed by atoms with Gasteiger partial charge in [0.05, 0.1) is 17.9 Å². The highest BCUT2D eigenvalue weighted by Crippen LogP contribution is 2.12. The summed E-state index contributed by atoms with van der Waals surface area (Å²) in [6, 6.07) is 7.96. The standard InChI is InChI=1S/C14H19N3O2/c1-11-4-3-5-13(10-11)19-9-7-17-12(2)14(6-8-18)15-16-17/h3-5,10,18H,6-9H2,1-2H3. The Labute approximate surface area is 112 Å². The lowest BCUT2D eigenvalue weighted by Crippen LogP contribution is -2.11.